The first-order valence-corrected chi connectivity index (χ1v) is 5.90. The summed E-state index contributed by atoms with van der Waals surface area (Å²) in [6.45, 7) is 0.763. The van der Waals surface area contributed by atoms with Crippen LogP contribution in [0.25, 0.3) is 0 Å². The number of likely N-dealkylation sites (N-methyl/N-ethyl adjacent to an activating group) is 1. The van der Waals surface area contributed by atoms with Crippen LogP contribution >= 0.6 is 0 Å². The van der Waals surface area contributed by atoms with Crippen molar-refractivity contribution in [1.82, 2.24) is 15.0 Å². The molecular weight excluding hydrogens is 228 g/mol. The molecule has 0 spiro atoms. The van der Waals surface area contributed by atoms with Gasteiger partial charge in [0.2, 0.25) is 5.95 Å². The van der Waals surface area contributed by atoms with Crippen molar-refractivity contribution in [3.8, 4) is 5.75 Å². The second-order valence-corrected chi connectivity index (χ2v) is 4.37. The van der Waals surface area contributed by atoms with Gasteiger partial charge in [-0.25, -0.2) is 15.0 Å². The van der Waals surface area contributed by atoms with Gasteiger partial charge in [0.15, 0.2) is 0 Å². The summed E-state index contributed by atoms with van der Waals surface area (Å²) in [5, 5.41) is 0. The molecule has 1 aromatic carbocycles. The van der Waals surface area contributed by atoms with E-state index in [4.69, 9.17) is 4.74 Å². The van der Waals surface area contributed by atoms with E-state index in [2.05, 4.69) is 21.0 Å². The number of hydrogen-bond donors (Lipinski definition) is 0. The quantitative estimate of drug-likeness (QED) is 0.812. The lowest BCUT2D eigenvalue weighted by atomic mass is 10.1. The van der Waals surface area contributed by atoms with Crippen LogP contribution < -0.4 is 9.64 Å². The van der Waals surface area contributed by atoms with E-state index < -0.39 is 0 Å². The lowest BCUT2D eigenvalue weighted by Crippen LogP contribution is -2.33. The van der Waals surface area contributed by atoms with Crippen LogP contribution in [0.2, 0.25) is 0 Å². The summed E-state index contributed by atoms with van der Waals surface area (Å²) in [6, 6.07) is 8.16. The molecule has 0 bridgehead atoms. The molecule has 5 nitrogen and oxygen atoms in total. The largest absolute Gasteiger partial charge is 0.488 e. The normalized spacial score (nSPS) is 17.1. The van der Waals surface area contributed by atoms with Crippen LogP contribution in [-0.4, -0.2) is 34.6 Å². The first-order chi connectivity index (χ1) is 8.83. The number of para-hydroxylation sites is 1. The number of nitrogens with zero attached hydrogens (tertiary/aromatic N) is 4. The van der Waals surface area contributed by atoms with Gasteiger partial charge in [-0.05, 0) is 11.6 Å². The number of aromatic nitrogens is 3. The molecule has 3 rings (SSSR count). The van der Waals surface area contributed by atoms with Crippen LogP contribution in [0, 0.1) is 0 Å². The Morgan fingerprint density at radius 3 is 2.83 bits per heavy atom. The maximum atomic E-state index is 5.89. The molecule has 1 atom stereocenters. The molecule has 92 valence electrons. The molecule has 0 aliphatic carbocycles. The second-order valence-electron chi connectivity index (χ2n) is 4.37. The van der Waals surface area contributed by atoms with E-state index in [9.17, 15) is 0 Å². The van der Waals surface area contributed by atoms with Crippen LogP contribution in [0.4, 0.5) is 5.95 Å². The van der Waals surface area contributed by atoms with Crippen molar-refractivity contribution in [3.63, 3.8) is 0 Å². The Morgan fingerprint density at radius 1 is 1.28 bits per heavy atom. The maximum absolute atomic E-state index is 5.89. The summed E-state index contributed by atoms with van der Waals surface area (Å²) >= 11 is 0. The number of rotatable bonds is 3. The molecule has 1 aromatic heterocycles. The maximum Gasteiger partial charge on any atom is 0.228 e. The number of hydrogen-bond acceptors (Lipinski definition) is 5. The SMILES string of the molecule is CN(C[C@@H]1Cc2ccccc2O1)c1ncncn1. The van der Waals surface area contributed by atoms with E-state index in [0.717, 1.165) is 18.7 Å². The Hall–Kier alpha value is -2.17. The average molecular weight is 242 g/mol. The zero-order valence-corrected chi connectivity index (χ0v) is 10.2. The summed E-state index contributed by atoms with van der Waals surface area (Å²) < 4.78 is 5.89. The number of fused-ring (bicyclic) bond motifs is 1. The number of ether oxygens (including phenoxy) is 1. The van der Waals surface area contributed by atoms with Gasteiger partial charge >= 0.3 is 0 Å². The van der Waals surface area contributed by atoms with Crippen molar-refractivity contribution in [2.75, 3.05) is 18.5 Å². The lowest BCUT2D eigenvalue weighted by molar-refractivity contribution is 0.238. The van der Waals surface area contributed by atoms with Gasteiger partial charge in [-0.3, -0.25) is 0 Å². The molecule has 2 heterocycles. The Kier molecular flexibility index (Phi) is 2.80. The van der Waals surface area contributed by atoms with E-state index in [1.54, 1.807) is 0 Å². The van der Waals surface area contributed by atoms with E-state index in [-0.39, 0.29) is 6.10 Å². The van der Waals surface area contributed by atoms with Crippen LogP contribution in [0.5, 0.6) is 5.75 Å². The number of benzene rings is 1. The molecule has 5 heteroatoms. The van der Waals surface area contributed by atoms with Crippen molar-refractivity contribution >= 4 is 5.95 Å². The average Bonchev–Trinajstić information content (AvgIpc) is 2.82. The zero-order valence-electron chi connectivity index (χ0n) is 10.2. The molecule has 0 saturated carbocycles. The highest BCUT2D eigenvalue weighted by Gasteiger charge is 2.24. The molecule has 0 unspecified atom stereocenters. The Morgan fingerprint density at radius 2 is 2.06 bits per heavy atom. The van der Waals surface area contributed by atoms with Gasteiger partial charge in [-0.2, -0.15) is 0 Å². The fourth-order valence-corrected chi connectivity index (χ4v) is 2.17. The van der Waals surface area contributed by atoms with Gasteiger partial charge in [-0.15, -0.1) is 0 Å². The van der Waals surface area contributed by atoms with E-state index >= 15 is 0 Å². The topological polar surface area (TPSA) is 51.1 Å². The highest BCUT2D eigenvalue weighted by Crippen LogP contribution is 2.28. The monoisotopic (exact) mass is 242 g/mol. The summed E-state index contributed by atoms with van der Waals surface area (Å²) in [5.41, 5.74) is 1.27. The van der Waals surface area contributed by atoms with Gasteiger partial charge in [0, 0.05) is 13.5 Å². The lowest BCUT2D eigenvalue weighted by Gasteiger charge is -2.20. The predicted octanol–water partition coefficient (Wildman–Crippen LogP) is 1.31. The third-order valence-corrected chi connectivity index (χ3v) is 3.01. The van der Waals surface area contributed by atoms with Crippen molar-refractivity contribution in [2.45, 2.75) is 12.5 Å². The van der Waals surface area contributed by atoms with Gasteiger partial charge < -0.3 is 9.64 Å². The van der Waals surface area contributed by atoms with Gasteiger partial charge in [0.05, 0.1) is 6.54 Å². The summed E-state index contributed by atoms with van der Waals surface area (Å²) in [4.78, 5) is 14.0. The first kappa shape index (κ1) is 11.0. The molecule has 2 aromatic rings. The summed E-state index contributed by atoms with van der Waals surface area (Å²) in [7, 11) is 1.96. The molecule has 0 fully saturated rings. The van der Waals surface area contributed by atoms with Gasteiger partial charge in [-0.1, -0.05) is 18.2 Å². The van der Waals surface area contributed by atoms with Crippen LogP contribution in [0.1, 0.15) is 5.56 Å². The van der Waals surface area contributed by atoms with Crippen LogP contribution in [0.15, 0.2) is 36.9 Å². The second kappa shape index (κ2) is 4.60. The highest BCUT2D eigenvalue weighted by atomic mass is 16.5. The van der Waals surface area contributed by atoms with Gasteiger partial charge in [0.1, 0.15) is 24.5 Å². The molecule has 18 heavy (non-hydrogen) atoms. The molecule has 1 aliphatic rings. The Labute approximate surface area is 105 Å². The minimum absolute atomic E-state index is 0.157. The Balaban J connectivity index is 1.66. The first-order valence-electron chi connectivity index (χ1n) is 5.90. The smallest absolute Gasteiger partial charge is 0.228 e. The number of anilines is 1. The van der Waals surface area contributed by atoms with Crippen LogP contribution in [0.3, 0.4) is 0 Å². The van der Waals surface area contributed by atoms with E-state index in [1.807, 2.05) is 30.1 Å². The molecular formula is C13H14N4O. The molecule has 0 saturated heterocycles. The van der Waals surface area contributed by atoms with Crippen molar-refractivity contribution in [2.24, 2.45) is 0 Å². The zero-order chi connectivity index (χ0) is 12.4. The summed E-state index contributed by atoms with van der Waals surface area (Å²) in [6.07, 6.45) is 4.10. The molecule has 0 radical (unpaired) electrons. The van der Waals surface area contributed by atoms with Crippen molar-refractivity contribution in [3.05, 3.63) is 42.5 Å². The van der Waals surface area contributed by atoms with Gasteiger partial charge in [0.25, 0.3) is 0 Å². The standard InChI is InChI=1S/C13H14N4O/c1-17(13-15-8-14-9-16-13)7-11-6-10-4-2-3-5-12(10)18-11/h2-5,8-9,11H,6-7H2,1H3/t11-/m0/s1. The third kappa shape index (κ3) is 2.11. The molecule has 0 amide bonds. The third-order valence-electron chi connectivity index (χ3n) is 3.01. The molecule has 1 aliphatic heterocycles. The van der Waals surface area contributed by atoms with Crippen molar-refractivity contribution < 1.29 is 4.74 Å². The minimum Gasteiger partial charge on any atom is -0.488 e. The summed E-state index contributed by atoms with van der Waals surface area (Å²) in [5.74, 6) is 1.66. The van der Waals surface area contributed by atoms with E-state index in [1.165, 1.54) is 18.2 Å². The van der Waals surface area contributed by atoms with Crippen LogP contribution in [-0.2, 0) is 6.42 Å². The van der Waals surface area contributed by atoms with E-state index in [0.29, 0.717) is 5.95 Å². The minimum atomic E-state index is 0.157. The fraction of sp³-hybridized carbons (Fsp3) is 0.308. The molecule has 0 N–H and O–H groups in total. The predicted molar refractivity (Wildman–Crippen MR) is 67.7 cm³/mol. The Bertz CT molecular complexity index is 507. The highest BCUT2D eigenvalue weighted by molar-refractivity contribution is 5.38. The fourth-order valence-electron chi connectivity index (χ4n) is 2.17. The van der Waals surface area contributed by atoms with Crippen molar-refractivity contribution in [1.29, 1.82) is 0 Å².